The van der Waals surface area contributed by atoms with Gasteiger partial charge in [0, 0.05) is 6.04 Å². The quantitative estimate of drug-likeness (QED) is 0.610. The first kappa shape index (κ1) is 17.9. The number of hydrogen-bond donors (Lipinski definition) is 2. The van der Waals surface area contributed by atoms with Crippen molar-refractivity contribution >= 4 is 10.0 Å². The van der Waals surface area contributed by atoms with Crippen LogP contribution in [0.2, 0.25) is 0 Å². The Bertz CT molecular complexity index is 336. The van der Waals surface area contributed by atoms with E-state index in [1.165, 1.54) is 25.7 Å². The fraction of sp³-hybridized carbons (Fsp3) is 1.00. The lowest BCUT2D eigenvalue weighted by atomic mass is 9.84. The molecular weight excluding hydrogens is 272 g/mol. The van der Waals surface area contributed by atoms with Gasteiger partial charge in [0.25, 0.3) is 0 Å². The molecule has 0 aromatic rings. The Labute approximate surface area is 125 Å². The van der Waals surface area contributed by atoms with Gasteiger partial charge in [-0.2, -0.15) is 0 Å². The molecule has 5 heteroatoms. The lowest BCUT2D eigenvalue weighted by Gasteiger charge is -2.28. The van der Waals surface area contributed by atoms with Gasteiger partial charge in [0.2, 0.25) is 10.0 Å². The van der Waals surface area contributed by atoms with Gasteiger partial charge in [-0.3, -0.25) is 0 Å². The van der Waals surface area contributed by atoms with Crippen LogP contribution in [0.5, 0.6) is 0 Å². The molecule has 1 rings (SSSR count). The highest BCUT2D eigenvalue weighted by molar-refractivity contribution is 7.89. The topological polar surface area (TPSA) is 58.2 Å². The van der Waals surface area contributed by atoms with Gasteiger partial charge in [-0.05, 0) is 57.5 Å². The Hall–Kier alpha value is -0.130. The van der Waals surface area contributed by atoms with E-state index in [1.54, 1.807) is 0 Å². The fourth-order valence-corrected chi connectivity index (χ4v) is 4.45. The zero-order chi connectivity index (χ0) is 14.8. The van der Waals surface area contributed by atoms with Crippen molar-refractivity contribution in [2.75, 3.05) is 18.8 Å². The summed E-state index contributed by atoms with van der Waals surface area (Å²) in [5.74, 6) is 1.09. The van der Waals surface area contributed by atoms with Crippen molar-refractivity contribution in [3.8, 4) is 0 Å². The number of sulfonamides is 1. The van der Waals surface area contributed by atoms with E-state index in [1.807, 2.05) is 0 Å². The van der Waals surface area contributed by atoms with E-state index in [-0.39, 0.29) is 11.8 Å². The predicted octanol–water partition coefficient (Wildman–Crippen LogP) is 2.65. The molecular formula is C15H32N2O2S. The third-order valence-corrected chi connectivity index (χ3v) is 5.68. The molecule has 1 saturated carbocycles. The lowest BCUT2D eigenvalue weighted by molar-refractivity contribution is 0.297. The maximum Gasteiger partial charge on any atom is 0.211 e. The molecule has 20 heavy (non-hydrogen) atoms. The first-order chi connectivity index (χ1) is 9.57. The Kier molecular flexibility index (Phi) is 8.73. The molecule has 0 saturated heterocycles. The molecule has 4 nitrogen and oxygen atoms in total. The Morgan fingerprint density at radius 3 is 2.35 bits per heavy atom. The van der Waals surface area contributed by atoms with E-state index in [0.717, 1.165) is 44.7 Å². The summed E-state index contributed by atoms with van der Waals surface area (Å²) >= 11 is 0. The highest BCUT2D eigenvalue weighted by atomic mass is 32.2. The van der Waals surface area contributed by atoms with E-state index in [0.29, 0.717) is 0 Å². The summed E-state index contributed by atoms with van der Waals surface area (Å²) in [6.07, 6.45) is 8.60. The van der Waals surface area contributed by atoms with Crippen molar-refractivity contribution < 1.29 is 8.42 Å². The minimum absolute atomic E-state index is 0.182. The third-order valence-electron chi connectivity index (χ3n) is 4.16. The van der Waals surface area contributed by atoms with Crippen LogP contribution in [0.3, 0.4) is 0 Å². The first-order valence-electron chi connectivity index (χ1n) is 8.28. The second kappa shape index (κ2) is 9.74. The van der Waals surface area contributed by atoms with Crippen molar-refractivity contribution in [2.24, 2.45) is 5.92 Å². The predicted molar refractivity (Wildman–Crippen MR) is 85.4 cm³/mol. The van der Waals surface area contributed by atoms with E-state index in [9.17, 15) is 8.42 Å². The Balaban J connectivity index is 2.19. The summed E-state index contributed by atoms with van der Waals surface area (Å²) < 4.78 is 26.9. The highest BCUT2D eigenvalue weighted by Crippen LogP contribution is 2.28. The molecule has 120 valence electrons. The van der Waals surface area contributed by atoms with Crippen LogP contribution in [0.1, 0.15) is 65.2 Å². The van der Waals surface area contributed by atoms with Crippen molar-refractivity contribution in [3.63, 3.8) is 0 Å². The second-order valence-corrected chi connectivity index (χ2v) is 7.88. The Morgan fingerprint density at radius 1 is 1.05 bits per heavy atom. The Morgan fingerprint density at radius 2 is 1.75 bits per heavy atom. The van der Waals surface area contributed by atoms with Crippen LogP contribution in [0.25, 0.3) is 0 Å². The van der Waals surface area contributed by atoms with Crippen LogP contribution in [0.4, 0.5) is 0 Å². The summed E-state index contributed by atoms with van der Waals surface area (Å²) in [4.78, 5) is 0. The summed E-state index contributed by atoms with van der Waals surface area (Å²) in [6, 6.07) is 0.182. The molecule has 0 amide bonds. The molecule has 1 aliphatic rings. The fourth-order valence-electron chi connectivity index (χ4n) is 3.01. The lowest BCUT2D eigenvalue weighted by Crippen LogP contribution is -2.39. The minimum Gasteiger partial charge on any atom is -0.317 e. The van der Waals surface area contributed by atoms with E-state index < -0.39 is 10.0 Å². The van der Waals surface area contributed by atoms with Crippen molar-refractivity contribution in [1.29, 1.82) is 0 Å². The maximum atomic E-state index is 12.0. The van der Waals surface area contributed by atoms with Crippen LogP contribution in [-0.4, -0.2) is 33.3 Å². The summed E-state index contributed by atoms with van der Waals surface area (Å²) in [5.41, 5.74) is 0. The SMILES string of the molecule is CCCC1CCC(NS(=O)(=O)CCCCNCC)CC1. The van der Waals surface area contributed by atoms with Gasteiger partial charge in [0.15, 0.2) is 0 Å². The van der Waals surface area contributed by atoms with Gasteiger partial charge in [-0.25, -0.2) is 13.1 Å². The molecule has 0 aromatic carbocycles. The normalized spacial score (nSPS) is 23.9. The first-order valence-corrected chi connectivity index (χ1v) is 9.93. The van der Waals surface area contributed by atoms with Crippen LogP contribution >= 0.6 is 0 Å². The summed E-state index contributed by atoms with van der Waals surface area (Å²) in [6.45, 7) is 6.15. The molecule has 0 unspecified atom stereocenters. The van der Waals surface area contributed by atoms with Crippen LogP contribution in [-0.2, 0) is 10.0 Å². The van der Waals surface area contributed by atoms with E-state index in [2.05, 4.69) is 23.9 Å². The van der Waals surface area contributed by atoms with Crippen LogP contribution in [0, 0.1) is 5.92 Å². The van der Waals surface area contributed by atoms with Crippen molar-refractivity contribution in [1.82, 2.24) is 10.0 Å². The van der Waals surface area contributed by atoms with Gasteiger partial charge in [0.05, 0.1) is 5.75 Å². The molecule has 0 atom stereocenters. The van der Waals surface area contributed by atoms with E-state index in [4.69, 9.17) is 0 Å². The van der Waals surface area contributed by atoms with Gasteiger partial charge in [-0.1, -0.05) is 26.7 Å². The maximum absolute atomic E-state index is 12.0. The monoisotopic (exact) mass is 304 g/mol. The van der Waals surface area contributed by atoms with E-state index >= 15 is 0 Å². The van der Waals surface area contributed by atoms with Crippen molar-refractivity contribution in [2.45, 2.75) is 71.3 Å². The van der Waals surface area contributed by atoms with Crippen LogP contribution in [0.15, 0.2) is 0 Å². The summed E-state index contributed by atoms with van der Waals surface area (Å²) in [5, 5.41) is 3.22. The molecule has 2 N–H and O–H groups in total. The number of hydrogen-bond acceptors (Lipinski definition) is 3. The molecule has 0 bridgehead atoms. The summed E-state index contributed by atoms with van der Waals surface area (Å²) in [7, 11) is -3.08. The molecule has 0 spiro atoms. The molecule has 1 aliphatic carbocycles. The van der Waals surface area contributed by atoms with Crippen molar-refractivity contribution in [3.05, 3.63) is 0 Å². The molecule has 0 radical (unpaired) electrons. The smallest absolute Gasteiger partial charge is 0.211 e. The molecule has 1 fully saturated rings. The number of rotatable bonds is 10. The molecule has 0 aromatic heterocycles. The minimum atomic E-state index is -3.08. The average molecular weight is 305 g/mol. The van der Waals surface area contributed by atoms with Crippen LogP contribution < -0.4 is 10.0 Å². The molecule has 0 aliphatic heterocycles. The van der Waals surface area contributed by atoms with Gasteiger partial charge >= 0.3 is 0 Å². The zero-order valence-electron chi connectivity index (χ0n) is 13.2. The second-order valence-electron chi connectivity index (χ2n) is 6.00. The number of unbranched alkanes of at least 4 members (excludes halogenated alkanes) is 1. The number of nitrogens with one attached hydrogen (secondary N) is 2. The third kappa shape index (κ3) is 7.60. The highest BCUT2D eigenvalue weighted by Gasteiger charge is 2.23. The standard InChI is InChI=1S/C15H32N2O2S/c1-3-7-14-8-10-15(11-9-14)17-20(18,19)13-6-5-12-16-4-2/h14-17H,3-13H2,1-2H3. The van der Waals surface area contributed by atoms with Gasteiger partial charge < -0.3 is 5.32 Å². The van der Waals surface area contributed by atoms with Gasteiger partial charge in [-0.15, -0.1) is 0 Å². The van der Waals surface area contributed by atoms with Gasteiger partial charge in [0.1, 0.15) is 0 Å². The largest absolute Gasteiger partial charge is 0.317 e. The molecule has 0 heterocycles. The zero-order valence-corrected chi connectivity index (χ0v) is 14.0. The average Bonchev–Trinajstić information content (AvgIpc) is 2.41.